The van der Waals surface area contributed by atoms with Gasteiger partial charge in [0.1, 0.15) is 0 Å². The highest BCUT2D eigenvalue weighted by Crippen LogP contribution is 2.37. The van der Waals surface area contributed by atoms with Crippen molar-refractivity contribution in [1.29, 1.82) is 0 Å². The zero-order valence-corrected chi connectivity index (χ0v) is 9.66. The minimum Gasteiger partial charge on any atom is -0.381 e. The monoisotopic (exact) mass is 211 g/mol. The highest BCUT2D eigenvalue weighted by molar-refractivity contribution is 5.79. The van der Waals surface area contributed by atoms with Gasteiger partial charge in [-0.25, -0.2) is 0 Å². The zero-order valence-electron chi connectivity index (χ0n) is 9.66. The molecule has 0 aromatic carbocycles. The fourth-order valence-corrected chi connectivity index (χ4v) is 2.38. The molecular weight excluding hydrogens is 190 g/mol. The summed E-state index contributed by atoms with van der Waals surface area (Å²) < 4.78 is 5.25. The fourth-order valence-electron chi connectivity index (χ4n) is 2.38. The molecule has 0 spiro atoms. The van der Waals surface area contributed by atoms with Crippen LogP contribution >= 0.6 is 0 Å². The third kappa shape index (κ3) is 2.71. The number of ether oxygens (including phenoxy) is 1. The Labute approximate surface area is 91.6 Å². The number of hydrogen-bond donors (Lipinski definition) is 1. The molecule has 1 saturated heterocycles. The van der Waals surface area contributed by atoms with Gasteiger partial charge >= 0.3 is 0 Å². The molecule has 0 bridgehead atoms. The summed E-state index contributed by atoms with van der Waals surface area (Å²) in [4.78, 5) is 11.9. The largest absolute Gasteiger partial charge is 0.381 e. The summed E-state index contributed by atoms with van der Waals surface area (Å²) in [7, 11) is 0. The number of rotatable bonds is 3. The first-order valence-electron chi connectivity index (χ1n) is 6.06. The molecule has 3 heteroatoms. The third-order valence-electron chi connectivity index (χ3n) is 3.62. The topological polar surface area (TPSA) is 38.3 Å². The van der Waals surface area contributed by atoms with Crippen LogP contribution in [0.15, 0.2) is 0 Å². The Hall–Kier alpha value is -0.570. The van der Waals surface area contributed by atoms with Crippen LogP contribution in [0.3, 0.4) is 0 Å². The maximum Gasteiger partial charge on any atom is 0.223 e. The highest BCUT2D eigenvalue weighted by atomic mass is 16.5. The summed E-state index contributed by atoms with van der Waals surface area (Å²) in [6.07, 6.45) is 2.96. The van der Waals surface area contributed by atoms with Gasteiger partial charge in [0.15, 0.2) is 0 Å². The Kier molecular flexibility index (Phi) is 3.29. The smallest absolute Gasteiger partial charge is 0.223 e. The van der Waals surface area contributed by atoms with Gasteiger partial charge in [0, 0.05) is 25.2 Å². The van der Waals surface area contributed by atoms with Crippen molar-refractivity contribution >= 4 is 5.91 Å². The van der Waals surface area contributed by atoms with Crippen molar-refractivity contribution < 1.29 is 9.53 Å². The lowest BCUT2D eigenvalue weighted by atomic mass is 9.99. The van der Waals surface area contributed by atoms with E-state index in [4.69, 9.17) is 4.74 Å². The van der Waals surface area contributed by atoms with Crippen molar-refractivity contribution in [2.24, 2.45) is 17.8 Å². The van der Waals surface area contributed by atoms with E-state index in [0.717, 1.165) is 26.1 Å². The number of carbonyl (C=O) groups is 1. The van der Waals surface area contributed by atoms with Gasteiger partial charge < -0.3 is 10.1 Å². The minimum atomic E-state index is 0.201. The van der Waals surface area contributed by atoms with Crippen LogP contribution in [0.1, 0.15) is 33.1 Å². The van der Waals surface area contributed by atoms with Gasteiger partial charge in [0.05, 0.1) is 0 Å². The molecule has 15 heavy (non-hydrogen) atoms. The highest BCUT2D eigenvalue weighted by Gasteiger charge is 2.41. The fraction of sp³-hybridized carbons (Fsp3) is 0.917. The Morgan fingerprint density at radius 3 is 2.53 bits per heavy atom. The van der Waals surface area contributed by atoms with Crippen molar-refractivity contribution in [2.75, 3.05) is 13.2 Å². The first-order valence-corrected chi connectivity index (χ1v) is 6.06. The molecular formula is C12H21NO2. The van der Waals surface area contributed by atoms with Gasteiger partial charge in [-0.05, 0) is 31.1 Å². The molecule has 1 aliphatic heterocycles. The summed E-state index contributed by atoms with van der Waals surface area (Å²) in [5.74, 6) is 1.87. The van der Waals surface area contributed by atoms with Gasteiger partial charge in [-0.1, -0.05) is 13.8 Å². The molecule has 2 fully saturated rings. The zero-order chi connectivity index (χ0) is 10.8. The quantitative estimate of drug-likeness (QED) is 0.769. The predicted octanol–water partition coefficient (Wildman–Crippen LogP) is 1.57. The van der Waals surface area contributed by atoms with Crippen LogP contribution in [0, 0.1) is 17.8 Å². The van der Waals surface area contributed by atoms with E-state index in [1.54, 1.807) is 0 Å². The molecule has 0 radical (unpaired) electrons. The standard InChI is InChI=1S/C12H21NO2/c1-8(2)10-7-11(10)13-12(14)9-3-5-15-6-4-9/h8-11H,3-7H2,1-2H3,(H,13,14). The minimum absolute atomic E-state index is 0.201. The van der Waals surface area contributed by atoms with Crippen molar-refractivity contribution in [2.45, 2.75) is 39.2 Å². The lowest BCUT2D eigenvalue weighted by Crippen LogP contribution is -2.36. The molecule has 86 valence electrons. The SMILES string of the molecule is CC(C)C1CC1NC(=O)C1CCOCC1. The summed E-state index contributed by atoms with van der Waals surface area (Å²) in [6.45, 7) is 5.95. The maximum atomic E-state index is 11.9. The molecule has 1 amide bonds. The Morgan fingerprint density at radius 2 is 2.00 bits per heavy atom. The van der Waals surface area contributed by atoms with Crippen molar-refractivity contribution in [3.63, 3.8) is 0 Å². The van der Waals surface area contributed by atoms with Crippen LogP contribution in [-0.2, 0) is 9.53 Å². The number of hydrogen-bond acceptors (Lipinski definition) is 2. The summed E-state index contributed by atoms with van der Waals surface area (Å²) in [5.41, 5.74) is 0. The van der Waals surface area contributed by atoms with Crippen LogP contribution in [-0.4, -0.2) is 25.2 Å². The second-order valence-electron chi connectivity index (χ2n) is 5.15. The number of carbonyl (C=O) groups excluding carboxylic acids is 1. The van der Waals surface area contributed by atoms with E-state index in [0.29, 0.717) is 17.9 Å². The van der Waals surface area contributed by atoms with E-state index in [1.807, 2.05) is 0 Å². The molecule has 0 aromatic rings. The maximum absolute atomic E-state index is 11.9. The average Bonchev–Trinajstić information content (AvgIpc) is 2.98. The van der Waals surface area contributed by atoms with Crippen molar-refractivity contribution in [3.8, 4) is 0 Å². The van der Waals surface area contributed by atoms with Crippen molar-refractivity contribution in [1.82, 2.24) is 5.32 Å². The predicted molar refractivity (Wildman–Crippen MR) is 58.4 cm³/mol. The molecule has 1 N–H and O–H groups in total. The molecule has 2 aliphatic rings. The molecule has 3 nitrogen and oxygen atoms in total. The lowest BCUT2D eigenvalue weighted by molar-refractivity contribution is -0.128. The summed E-state index contributed by atoms with van der Waals surface area (Å²) in [6, 6.07) is 0.459. The van der Waals surface area contributed by atoms with E-state index in [1.165, 1.54) is 6.42 Å². The van der Waals surface area contributed by atoms with E-state index in [2.05, 4.69) is 19.2 Å². The summed E-state index contributed by atoms with van der Waals surface area (Å²) >= 11 is 0. The molecule has 0 aromatic heterocycles. The van der Waals surface area contributed by atoms with Crippen LogP contribution in [0.2, 0.25) is 0 Å². The van der Waals surface area contributed by atoms with Crippen LogP contribution < -0.4 is 5.32 Å². The summed E-state index contributed by atoms with van der Waals surface area (Å²) in [5, 5.41) is 3.16. The van der Waals surface area contributed by atoms with Crippen LogP contribution in [0.5, 0.6) is 0 Å². The molecule has 2 atom stereocenters. The van der Waals surface area contributed by atoms with Gasteiger partial charge in [-0.15, -0.1) is 0 Å². The van der Waals surface area contributed by atoms with Gasteiger partial charge in [0.25, 0.3) is 0 Å². The lowest BCUT2D eigenvalue weighted by Gasteiger charge is -2.21. The second-order valence-corrected chi connectivity index (χ2v) is 5.15. The van der Waals surface area contributed by atoms with E-state index in [-0.39, 0.29) is 11.8 Å². The van der Waals surface area contributed by atoms with Crippen LogP contribution in [0.4, 0.5) is 0 Å². The van der Waals surface area contributed by atoms with E-state index < -0.39 is 0 Å². The molecule has 2 unspecified atom stereocenters. The Morgan fingerprint density at radius 1 is 1.33 bits per heavy atom. The molecule has 1 aliphatic carbocycles. The third-order valence-corrected chi connectivity index (χ3v) is 3.62. The van der Waals surface area contributed by atoms with Crippen molar-refractivity contribution in [3.05, 3.63) is 0 Å². The first-order chi connectivity index (χ1) is 7.18. The molecule has 2 rings (SSSR count). The van der Waals surface area contributed by atoms with Gasteiger partial charge in [0.2, 0.25) is 5.91 Å². The first kappa shape index (κ1) is 10.9. The van der Waals surface area contributed by atoms with Gasteiger partial charge in [-0.3, -0.25) is 4.79 Å². The van der Waals surface area contributed by atoms with E-state index in [9.17, 15) is 4.79 Å². The Bertz CT molecular complexity index is 234. The van der Waals surface area contributed by atoms with E-state index >= 15 is 0 Å². The number of nitrogens with one attached hydrogen (secondary N) is 1. The Balaban J connectivity index is 1.73. The van der Waals surface area contributed by atoms with Crippen LogP contribution in [0.25, 0.3) is 0 Å². The second kappa shape index (κ2) is 4.52. The molecule has 1 saturated carbocycles. The number of amides is 1. The van der Waals surface area contributed by atoms with Gasteiger partial charge in [-0.2, -0.15) is 0 Å². The normalized spacial score (nSPS) is 31.7. The molecule has 1 heterocycles. The average molecular weight is 211 g/mol.